The highest BCUT2D eigenvalue weighted by Gasteiger charge is 2.37. The molecule has 0 radical (unpaired) electrons. The second kappa shape index (κ2) is 3.20. The molecular weight excluding hydrogens is 200 g/mol. The molecule has 1 atom stereocenters. The largest absolute Gasteiger partial charge is 0.481 e. The van der Waals surface area contributed by atoms with E-state index in [4.69, 9.17) is 9.84 Å². The number of benzene rings is 1. The van der Waals surface area contributed by atoms with Crippen molar-refractivity contribution >= 4 is 17.7 Å². The molecule has 1 aliphatic heterocycles. The van der Waals surface area contributed by atoms with Gasteiger partial charge in [-0.2, -0.15) is 0 Å². The Labute approximate surface area is 86.1 Å². The number of hydrogen-bond acceptors (Lipinski definition) is 3. The number of fused-ring (bicyclic) bond motifs is 1. The lowest BCUT2D eigenvalue weighted by molar-refractivity contribution is -0.139. The van der Waals surface area contributed by atoms with E-state index in [1.54, 1.807) is 6.92 Å². The summed E-state index contributed by atoms with van der Waals surface area (Å²) in [6.45, 7) is 1.80. The minimum Gasteiger partial charge on any atom is -0.481 e. The molecule has 0 amide bonds. The van der Waals surface area contributed by atoms with E-state index in [-0.39, 0.29) is 6.42 Å². The SMILES string of the molecule is CC1(CC(=O)O)Oc2ccccc2S1. The highest BCUT2D eigenvalue weighted by Crippen LogP contribution is 2.48. The molecule has 0 saturated heterocycles. The van der Waals surface area contributed by atoms with Crippen LogP contribution >= 0.6 is 11.8 Å². The molecule has 1 aromatic carbocycles. The fourth-order valence-corrected chi connectivity index (χ4v) is 2.60. The van der Waals surface area contributed by atoms with E-state index >= 15 is 0 Å². The first-order chi connectivity index (χ1) is 6.59. The first-order valence-corrected chi connectivity index (χ1v) is 5.10. The Morgan fingerprint density at radius 2 is 2.29 bits per heavy atom. The molecule has 0 aromatic heterocycles. The highest BCUT2D eigenvalue weighted by molar-refractivity contribution is 8.00. The maximum Gasteiger partial charge on any atom is 0.308 e. The second-order valence-electron chi connectivity index (χ2n) is 3.36. The van der Waals surface area contributed by atoms with Crippen LogP contribution in [0.4, 0.5) is 0 Å². The summed E-state index contributed by atoms with van der Waals surface area (Å²) < 4.78 is 5.59. The molecule has 1 aliphatic rings. The van der Waals surface area contributed by atoms with Crippen molar-refractivity contribution in [3.8, 4) is 5.75 Å². The molecule has 0 bridgehead atoms. The van der Waals surface area contributed by atoms with Gasteiger partial charge in [0.15, 0.2) is 4.93 Å². The number of hydrogen-bond donors (Lipinski definition) is 1. The topological polar surface area (TPSA) is 46.5 Å². The predicted molar refractivity (Wildman–Crippen MR) is 53.6 cm³/mol. The van der Waals surface area contributed by atoms with Crippen LogP contribution in [-0.4, -0.2) is 16.0 Å². The summed E-state index contributed by atoms with van der Waals surface area (Å²) in [5.41, 5.74) is 0. The van der Waals surface area contributed by atoms with Crippen molar-refractivity contribution < 1.29 is 14.6 Å². The molecule has 0 fully saturated rings. The average molecular weight is 210 g/mol. The van der Waals surface area contributed by atoms with E-state index in [0.717, 1.165) is 10.6 Å². The maximum atomic E-state index is 10.6. The summed E-state index contributed by atoms with van der Waals surface area (Å²) in [6, 6.07) is 7.59. The van der Waals surface area contributed by atoms with Gasteiger partial charge in [0, 0.05) is 0 Å². The van der Waals surface area contributed by atoms with Crippen molar-refractivity contribution in [2.75, 3.05) is 0 Å². The summed E-state index contributed by atoms with van der Waals surface area (Å²) in [4.78, 5) is 11.0. The van der Waals surface area contributed by atoms with Crippen molar-refractivity contribution in [3.63, 3.8) is 0 Å². The summed E-state index contributed by atoms with van der Waals surface area (Å²) in [6.07, 6.45) is 0.00630. The molecule has 1 heterocycles. The summed E-state index contributed by atoms with van der Waals surface area (Å²) in [5.74, 6) is -0.0611. The van der Waals surface area contributed by atoms with Gasteiger partial charge < -0.3 is 9.84 Å². The van der Waals surface area contributed by atoms with Crippen LogP contribution in [0.1, 0.15) is 13.3 Å². The number of carboxylic acids is 1. The zero-order chi connectivity index (χ0) is 10.2. The third-order valence-corrected chi connectivity index (χ3v) is 3.19. The third kappa shape index (κ3) is 1.70. The lowest BCUT2D eigenvalue weighted by Gasteiger charge is -2.19. The van der Waals surface area contributed by atoms with Crippen molar-refractivity contribution in [3.05, 3.63) is 24.3 Å². The molecule has 3 nitrogen and oxygen atoms in total. The second-order valence-corrected chi connectivity index (χ2v) is 4.86. The van der Waals surface area contributed by atoms with Gasteiger partial charge in [-0.25, -0.2) is 0 Å². The molecule has 0 saturated carbocycles. The minimum absolute atomic E-state index is 0.00630. The van der Waals surface area contributed by atoms with Crippen LogP contribution in [0.3, 0.4) is 0 Å². The van der Waals surface area contributed by atoms with Gasteiger partial charge >= 0.3 is 5.97 Å². The van der Waals surface area contributed by atoms with Gasteiger partial charge in [-0.3, -0.25) is 4.79 Å². The molecule has 1 aromatic rings. The van der Waals surface area contributed by atoms with Crippen molar-refractivity contribution in [2.24, 2.45) is 0 Å². The van der Waals surface area contributed by atoms with Crippen LogP contribution in [0.15, 0.2) is 29.2 Å². The Hall–Kier alpha value is -1.16. The first kappa shape index (κ1) is 9.40. The van der Waals surface area contributed by atoms with Crippen molar-refractivity contribution in [2.45, 2.75) is 23.2 Å². The molecule has 74 valence electrons. The Balaban J connectivity index is 2.21. The van der Waals surface area contributed by atoms with Gasteiger partial charge in [0.1, 0.15) is 5.75 Å². The Morgan fingerprint density at radius 3 is 2.93 bits per heavy atom. The van der Waals surface area contributed by atoms with Crippen LogP contribution in [0.25, 0.3) is 0 Å². The van der Waals surface area contributed by atoms with E-state index < -0.39 is 10.9 Å². The molecule has 1 N–H and O–H groups in total. The van der Waals surface area contributed by atoms with Crippen LogP contribution in [0, 0.1) is 0 Å². The van der Waals surface area contributed by atoms with E-state index in [0.29, 0.717) is 0 Å². The van der Waals surface area contributed by atoms with Crippen LogP contribution in [-0.2, 0) is 4.79 Å². The molecule has 1 unspecified atom stereocenters. The van der Waals surface area contributed by atoms with Crippen molar-refractivity contribution in [1.82, 2.24) is 0 Å². The number of ether oxygens (including phenoxy) is 1. The monoisotopic (exact) mass is 210 g/mol. The molecule has 0 spiro atoms. The quantitative estimate of drug-likeness (QED) is 0.814. The lowest BCUT2D eigenvalue weighted by atomic mass is 10.3. The molecule has 4 heteroatoms. The zero-order valence-electron chi connectivity index (χ0n) is 7.69. The molecule has 0 aliphatic carbocycles. The first-order valence-electron chi connectivity index (χ1n) is 4.28. The van der Waals surface area contributed by atoms with E-state index in [1.165, 1.54) is 11.8 Å². The van der Waals surface area contributed by atoms with Gasteiger partial charge in [0.2, 0.25) is 0 Å². The number of aliphatic carboxylic acids is 1. The average Bonchev–Trinajstić information content (AvgIpc) is 2.38. The van der Waals surface area contributed by atoms with Crippen LogP contribution in [0.5, 0.6) is 5.75 Å². The van der Waals surface area contributed by atoms with Crippen LogP contribution in [0.2, 0.25) is 0 Å². The minimum atomic E-state index is -0.840. The number of para-hydroxylation sites is 1. The number of carbonyl (C=O) groups is 1. The zero-order valence-corrected chi connectivity index (χ0v) is 8.50. The predicted octanol–water partition coefficient (Wildman–Crippen LogP) is 2.36. The Morgan fingerprint density at radius 1 is 1.57 bits per heavy atom. The Kier molecular flexibility index (Phi) is 2.15. The van der Waals surface area contributed by atoms with Gasteiger partial charge in [-0.1, -0.05) is 23.9 Å². The molecule has 14 heavy (non-hydrogen) atoms. The van der Waals surface area contributed by atoms with Gasteiger partial charge in [-0.05, 0) is 19.1 Å². The lowest BCUT2D eigenvalue weighted by Crippen LogP contribution is -2.27. The molecular formula is C10H10O3S. The van der Waals surface area contributed by atoms with E-state index in [9.17, 15) is 4.79 Å². The summed E-state index contributed by atoms with van der Waals surface area (Å²) in [5, 5.41) is 8.72. The van der Waals surface area contributed by atoms with E-state index in [2.05, 4.69) is 0 Å². The third-order valence-electron chi connectivity index (χ3n) is 1.97. The van der Waals surface area contributed by atoms with Gasteiger partial charge in [0.05, 0.1) is 11.3 Å². The van der Waals surface area contributed by atoms with Crippen molar-refractivity contribution in [1.29, 1.82) is 0 Å². The number of carboxylic acid groups (broad SMARTS) is 1. The standard InChI is InChI=1S/C10H10O3S/c1-10(6-9(11)12)13-7-4-2-3-5-8(7)14-10/h2-5H,6H2,1H3,(H,11,12). The summed E-state index contributed by atoms with van der Waals surface area (Å²) >= 11 is 1.46. The maximum absolute atomic E-state index is 10.6. The highest BCUT2D eigenvalue weighted by atomic mass is 32.2. The van der Waals surface area contributed by atoms with Gasteiger partial charge in [0.25, 0.3) is 0 Å². The number of thioether (sulfide) groups is 1. The fourth-order valence-electron chi connectivity index (χ4n) is 1.45. The smallest absolute Gasteiger partial charge is 0.308 e. The van der Waals surface area contributed by atoms with Gasteiger partial charge in [-0.15, -0.1) is 0 Å². The summed E-state index contributed by atoms with van der Waals surface area (Å²) in [7, 11) is 0. The Bertz CT molecular complexity index is 350. The molecule has 2 rings (SSSR count). The normalized spacial score (nSPS) is 24.1. The number of rotatable bonds is 2. The fraction of sp³-hybridized carbons (Fsp3) is 0.300. The van der Waals surface area contributed by atoms with E-state index in [1.807, 2.05) is 24.3 Å². The van der Waals surface area contributed by atoms with Crippen LogP contribution < -0.4 is 4.74 Å².